The summed E-state index contributed by atoms with van der Waals surface area (Å²) in [6, 6.07) is 19.9. The number of benzene rings is 2. The lowest BCUT2D eigenvalue weighted by molar-refractivity contribution is 0.347. The van der Waals surface area contributed by atoms with E-state index in [4.69, 9.17) is 0 Å². The van der Waals surface area contributed by atoms with Crippen LogP contribution in [-0.4, -0.2) is 6.54 Å². The molecule has 21 heavy (non-hydrogen) atoms. The van der Waals surface area contributed by atoms with Crippen molar-refractivity contribution >= 4 is 0 Å². The van der Waals surface area contributed by atoms with E-state index in [9.17, 15) is 0 Å². The van der Waals surface area contributed by atoms with Crippen molar-refractivity contribution in [1.82, 2.24) is 5.32 Å². The van der Waals surface area contributed by atoms with E-state index in [0.29, 0.717) is 6.04 Å². The van der Waals surface area contributed by atoms with E-state index < -0.39 is 0 Å². The second kappa shape index (κ2) is 6.91. The zero-order valence-electron chi connectivity index (χ0n) is 13.7. The Morgan fingerprint density at radius 1 is 0.952 bits per heavy atom. The molecule has 1 atom stereocenters. The molecular weight excluding hydrogens is 254 g/mol. The highest BCUT2D eigenvalue weighted by atomic mass is 14.9. The molecular formula is C20H27N. The molecule has 1 unspecified atom stereocenters. The fraction of sp³-hybridized carbons (Fsp3) is 0.400. The zero-order valence-corrected chi connectivity index (χ0v) is 13.7. The first-order valence-electron chi connectivity index (χ1n) is 7.91. The highest BCUT2D eigenvalue weighted by Crippen LogP contribution is 2.37. The Bertz CT molecular complexity index is 557. The van der Waals surface area contributed by atoms with E-state index in [1.165, 1.54) is 16.7 Å². The number of rotatable bonds is 6. The molecule has 0 aliphatic rings. The van der Waals surface area contributed by atoms with Crippen LogP contribution in [0.15, 0.2) is 54.6 Å². The van der Waals surface area contributed by atoms with E-state index in [0.717, 1.165) is 13.0 Å². The molecule has 0 aliphatic carbocycles. The lowest BCUT2D eigenvalue weighted by Gasteiger charge is -2.37. The van der Waals surface area contributed by atoms with Gasteiger partial charge < -0.3 is 5.32 Å². The first-order valence-corrected chi connectivity index (χ1v) is 7.91. The van der Waals surface area contributed by atoms with Crippen LogP contribution in [0.3, 0.4) is 0 Å². The third kappa shape index (κ3) is 3.54. The van der Waals surface area contributed by atoms with Crippen molar-refractivity contribution in [3.05, 3.63) is 71.3 Å². The third-order valence-corrected chi connectivity index (χ3v) is 4.34. The standard InChI is InChI=1S/C20H27N/c1-5-15-21-19(18-14-10-9-11-16(18)2)20(3,4)17-12-7-6-8-13-17/h6-14,19,21H,5,15H2,1-4H3. The predicted octanol–water partition coefficient (Wildman–Crippen LogP) is 5.01. The molecule has 0 heterocycles. The maximum Gasteiger partial charge on any atom is 0.0415 e. The van der Waals surface area contributed by atoms with E-state index in [2.05, 4.69) is 87.6 Å². The van der Waals surface area contributed by atoms with Crippen LogP contribution >= 0.6 is 0 Å². The molecule has 0 saturated carbocycles. The largest absolute Gasteiger partial charge is 0.309 e. The summed E-state index contributed by atoms with van der Waals surface area (Å²) in [5.41, 5.74) is 4.18. The second-order valence-electron chi connectivity index (χ2n) is 6.33. The van der Waals surface area contributed by atoms with Gasteiger partial charge in [0.25, 0.3) is 0 Å². The van der Waals surface area contributed by atoms with Crippen LogP contribution < -0.4 is 5.32 Å². The first-order chi connectivity index (χ1) is 10.1. The average Bonchev–Trinajstić information content (AvgIpc) is 2.50. The van der Waals surface area contributed by atoms with Gasteiger partial charge in [-0.15, -0.1) is 0 Å². The molecule has 0 radical (unpaired) electrons. The topological polar surface area (TPSA) is 12.0 Å². The van der Waals surface area contributed by atoms with Gasteiger partial charge in [-0.1, -0.05) is 75.4 Å². The normalized spacial score (nSPS) is 13.1. The Kier molecular flexibility index (Phi) is 5.19. The molecule has 1 heteroatoms. The van der Waals surface area contributed by atoms with Crippen LogP contribution in [0, 0.1) is 6.92 Å². The molecule has 0 spiro atoms. The number of nitrogens with one attached hydrogen (secondary N) is 1. The molecule has 0 bridgehead atoms. The van der Waals surface area contributed by atoms with Gasteiger partial charge >= 0.3 is 0 Å². The van der Waals surface area contributed by atoms with Gasteiger partial charge in [0.15, 0.2) is 0 Å². The van der Waals surface area contributed by atoms with Crippen molar-refractivity contribution < 1.29 is 0 Å². The van der Waals surface area contributed by atoms with E-state index in [-0.39, 0.29) is 5.41 Å². The molecule has 1 N–H and O–H groups in total. The van der Waals surface area contributed by atoms with E-state index in [1.54, 1.807) is 0 Å². The molecule has 0 aliphatic heterocycles. The molecule has 2 aromatic carbocycles. The van der Waals surface area contributed by atoms with Crippen LogP contribution in [0.1, 0.15) is 49.9 Å². The lowest BCUT2D eigenvalue weighted by atomic mass is 9.74. The predicted molar refractivity (Wildman–Crippen MR) is 91.7 cm³/mol. The minimum atomic E-state index is 0.0442. The van der Waals surface area contributed by atoms with Crippen molar-refractivity contribution in [2.75, 3.05) is 6.54 Å². The van der Waals surface area contributed by atoms with Gasteiger partial charge in [-0.25, -0.2) is 0 Å². The molecule has 1 nitrogen and oxygen atoms in total. The van der Waals surface area contributed by atoms with Gasteiger partial charge in [-0.3, -0.25) is 0 Å². The molecule has 0 saturated heterocycles. The quantitative estimate of drug-likeness (QED) is 0.784. The molecule has 0 fully saturated rings. The van der Waals surface area contributed by atoms with Crippen molar-refractivity contribution in [2.24, 2.45) is 0 Å². The number of hydrogen-bond acceptors (Lipinski definition) is 1. The summed E-state index contributed by atoms with van der Waals surface area (Å²) < 4.78 is 0. The molecule has 0 amide bonds. The van der Waals surface area contributed by atoms with Crippen LogP contribution in [-0.2, 0) is 5.41 Å². The van der Waals surface area contributed by atoms with Crippen LogP contribution in [0.5, 0.6) is 0 Å². The smallest absolute Gasteiger partial charge is 0.0415 e. The first kappa shape index (κ1) is 15.8. The Morgan fingerprint density at radius 3 is 2.19 bits per heavy atom. The fourth-order valence-electron chi connectivity index (χ4n) is 2.99. The van der Waals surface area contributed by atoms with Crippen LogP contribution in [0.4, 0.5) is 0 Å². The van der Waals surface area contributed by atoms with Crippen molar-refractivity contribution in [3.63, 3.8) is 0 Å². The summed E-state index contributed by atoms with van der Waals surface area (Å²) in [7, 11) is 0. The van der Waals surface area contributed by atoms with Gasteiger partial charge in [0.2, 0.25) is 0 Å². The van der Waals surface area contributed by atoms with Gasteiger partial charge in [-0.05, 0) is 36.6 Å². The summed E-state index contributed by atoms with van der Waals surface area (Å²) in [6.07, 6.45) is 1.15. The van der Waals surface area contributed by atoms with E-state index in [1.807, 2.05) is 0 Å². The fourth-order valence-corrected chi connectivity index (χ4v) is 2.99. The average molecular weight is 281 g/mol. The number of hydrogen-bond donors (Lipinski definition) is 1. The van der Waals surface area contributed by atoms with Crippen molar-refractivity contribution in [3.8, 4) is 0 Å². The summed E-state index contributed by atoms with van der Waals surface area (Å²) in [5.74, 6) is 0. The van der Waals surface area contributed by atoms with Crippen LogP contribution in [0.2, 0.25) is 0 Å². The Hall–Kier alpha value is -1.60. The Morgan fingerprint density at radius 2 is 1.57 bits per heavy atom. The van der Waals surface area contributed by atoms with Crippen LogP contribution in [0.25, 0.3) is 0 Å². The molecule has 2 rings (SSSR count). The van der Waals surface area contributed by atoms with Gasteiger partial charge in [0, 0.05) is 11.5 Å². The molecule has 2 aromatic rings. The minimum Gasteiger partial charge on any atom is -0.309 e. The molecule has 0 aromatic heterocycles. The highest BCUT2D eigenvalue weighted by molar-refractivity contribution is 5.36. The summed E-state index contributed by atoms with van der Waals surface area (Å²) in [4.78, 5) is 0. The van der Waals surface area contributed by atoms with E-state index >= 15 is 0 Å². The lowest BCUT2D eigenvalue weighted by Crippen LogP contribution is -2.38. The highest BCUT2D eigenvalue weighted by Gasteiger charge is 2.32. The minimum absolute atomic E-state index is 0.0442. The van der Waals surface area contributed by atoms with Gasteiger partial charge in [-0.2, -0.15) is 0 Å². The Labute approximate surface area is 129 Å². The Balaban J connectivity index is 2.42. The van der Waals surface area contributed by atoms with Gasteiger partial charge in [0.1, 0.15) is 0 Å². The summed E-state index contributed by atoms with van der Waals surface area (Å²) in [5, 5.41) is 3.77. The van der Waals surface area contributed by atoms with Crippen molar-refractivity contribution in [1.29, 1.82) is 0 Å². The van der Waals surface area contributed by atoms with Crippen molar-refractivity contribution in [2.45, 2.75) is 45.6 Å². The summed E-state index contributed by atoms with van der Waals surface area (Å²) >= 11 is 0. The van der Waals surface area contributed by atoms with Gasteiger partial charge in [0.05, 0.1) is 0 Å². The molecule has 112 valence electrons. The SMILES string of the molecule is CCCNC(c1ccccc1C)C(C)(C)c1ccccc1. The second-order valence-corrected chi connectivity index (χ2v) is 6.33. The summed E-state index contributed by atoms with van der Waals surface area (Å²) in [6.45, 7) is 10.1. The third-order valence-electron chi connectivity index (χ3n) is 4.34. The maximum atomic E-state index is 3.77. The monoisotopic (exact) mass is 281 g/mol. The zero-order chi connectivity index (χ0) is 15.3. The number of aryl methyl sites for hydroxylation is 1. The maximum absolute atomic E-state index is 3.77.